The molecule has 1 amide bonds. The van der Waals surface area contributed by atoms with Gasteiger partial charge in [-0.2, -0.15) is 17.5 Å². The van der Waals surface area contributed by atoms with Gasteiger partial charge >= 0.3 is 6.18 Å². The summed E-state index contributed by atoms with van der Waals surface area (Å²) in [5.41, 5.74) is -0.647. The summed E-state index contributed by atoms with van der Waals surface area (Å²) in [5.74, 6) is -0.472. The second-order valence-corrected chi connectivity index (χ2v) is 8.99. The Morgan fingerprint density at radius 1 is 1.06 bits per heavy atom. The molecule has 1 heterocycles. The van der Waals surface area contributed by atoms with Crippen molar-refractivity contribution in [2.24, 2.45) is 0 Å². The Bertz CT molecular complexity index is 1030. The lowest BCUT2D eigenvalue weighted by Crippen LogP contribution is -2.35. The number of halogens is 3. The number of hydrogen-bond acceptors (Lipinski definition) is 4. The second kappa shape index (κ2) is 9.27. The minimum Gasteiger partial charge on any atom is -0.492 e. The van der Waals surface area contributed by atoms with Crippen LogP contribution in [0.25, 0.3) is 0 Å². The first-order chi connectivity index (χ1) is 14.6. The molecule has 10 heteroatoms. The molecule has 31 heavy (non-hydrogen) atoms. The van der Waals surface area contributed by atoms with Gasteiger partial charge < -0.3 is 10.1 Å². The molecule has 1 aliphatic heterocycles. The number of carbonyl (C=O) groups is 1. The molecule has 1 fully saturated rings. The number of nitrogens with one attached hydrogen (secondary N) is 1. The Balaban J connectivity index is 1.87. The zero-order valence-corrected chi connectivity index (χ0v) is 17.7. The molecule has 1 saturated heterocycles. The predicted octanol–water partition coefficient (Wildman–Crippen LogP) is 4.53. The number of piperidine rings is 1. The van der Waals surface area contributed by atoms with E-state index in [0.29, 0.717) is 13.1 Å². The summed E-state index contributed by atoms with van der Waals surface area (Å²) < 4.78 is 71.3. The maximum absolute atomic E-state index is 13.1. The highest BCUT2D eigenvalue weighted by molar-refractivity contribution is 7.89. The molecule has 0 radical (unpaired) electrons. The number of rotatable bonds is 6. The monoisotopic (exact) mass is 456 g/mol. The van der Waals surface area contributed by atoms with E-state index in [4.69, 9.17) is 4.74 Å². The summed E-state index contributed by atoms with van der Waals surface area (Å²) >= 11 is 0. The Labute approximate surface area is 179 Å². The Morgan fingerprint density at radius 2 is 1.71 bits per heavy atom. The molecule has 0 aliphatic carbocycles. The van der Waals surface area contributed by atoms with Crippen molar-refractivity contribution in [3.05, 3.63) is 53.6 Å². The van der Waals surface area contributed by atoms with E-state index in [9.17, 15) is 26.4 Å². The maximum Gasteiger partial charge on any atom is 0.416 e. The van der Waals surface area contributed by atoms with Crippen LogP contribution in [0.5, 0.6) is 5.75 Å². The Hall–Kier alpha value is -2.59. The van der Waals surface area contributed by atoms with E-state index < -0.39 is 27.7 Å². The van der Waals surface area contributed by atoms with Crippen molar-refractivity contribution in [3.63, 3.8) is 0 Å². The van der Waals surface area contributed by atoms with Gasteiger partial charge in [0.1, 0.15) is 10.6 Å². The van der Waals surface area contributed by atoms with Crippen LogP contribution in [-0.4, -0.2) is 38.3 Å². The highest BCUT2D eigenvalue weighted by atomic mass is 32.2. The molecule has 2 aromatic carbocycles. The molecule has 0 unspecified atom stereocenters. The van der Waals surface area contributed by atoms with Crippen LogP contribution in [0.4, 0.5) is 18.9 Å². The summed E-state index contributed by atoms with van der Waals surface area (Å²) in [6.45, 7) is 2.82. The predicted molar refractivity (Wildman–Crippen MR) is 110 cm³/mol. The third-order valence-electron chi connectivity index (χ3n) is 4.91. The number of benzene rings is 2. The third kappa shape index (κ3) is 5.37. The van der Waals surface area contributed by atoms with Gasteiger partial charge in [0.25, 0.3) is 5.91 Å². The van der Waals surface area contributed by atoms with Crippen LogP contribution in [0.15, 0.2) is 47.4 Å². The summed E-state index contributed by atoms with van der Waals surface area (Å²) in [6, 6.07) is 8.04. The lowest BCUT2D eigenvalue weighted by molar-refractivity contribution is -0.137. The van der Waals surface area contributed by atoms with E-state index in [0.717, 1.165) is 43.5 Å². The maximum atomic E-state index is 13.1. The third-order valence-corrected chi connectivity index (χ3v) is 6.83. The number of amides is 1. The molecule has 0 spiro atoms. The van der Waals surface area contributed by atoms with E-state index in [1.807, 2.05) is 0 Å². The molecule has 1 N–H and O–H groups in total. The average molecular weight is 456 g/mol. The van der Waals surface area contributed by atoms with Gasteiger partial charge in [0.15, 0.2) is 0 Å². The summed E-state index contributed by atoms with van der Waals surface area (Å²) in [6.07, 6.45) is -1.99. The van der Waals surface area contributed by atoms with Gasteiger partial charge in [-0.3, -0.25) is 4.79 Å². The van der Waals surface area contributed by atoms with E-state index in [1.54, 1.807) is 6.92 Å². The zero-order chi connectivity index (χ0) is 22.6. The average Bonchev–Trinajstić information content (AvgIpc) is 2.75. The quantitative estimate of drug-likeness (QED) is 0.693. The van der Waals surface area contributed by atoms with Crippen molar-refractivity contribution in [2.75, 3.05) is 25.0 Å². The fourth-order valence-corrected chi connectivity index (χ4v) is 4.99. The molecule has 6 nitrogen and oxygen atoms in total. The van der Waals surface area contributed by atoms with Crippen molar-refractivity contribution < 1.29 is 31.1 Å². The summed E-state index contributed by atoms with van der Waals surface area (Å²) in [5, 5.41) is 2.54. The highest BCUT2D eigenvalue weighted by Gasteiger charge is 2.31. The van der Waals surface area contributed by atoms with Crippen molar-refractivity contribution in [3.8, 4) is 5.75 Å². The van der Waals surface area contributed by atoms with Gasteiger partial charge in [-0.1, -0.05) is 6.42 Å². The van der Waals surface area contributed by atoms with Crippen LogP contribution in [-0.2, 0) is 16.2 Å². The first-order valence-corrected chi connectivity index (χ1v) is 11.3. The minimum atomic E-state index is -4.50. The standard InChI is InChI=1S/C21H23F3N2O4S/c1-2-30-18-11-10-17(14-19(18)31(28,29)26-12-4-3-5-13-26)25-20(27)15-6-8-16(9-7-15)21(22,23)24/h6-11,14H,2-5,12-13H2,1H3,(H,25,27). The number of anilines is 1. The summed E-state index contributed by atoms with van der Waals surface area (Å²) in [7, 11) is -3.83. The van der Waals surface area contributed by atoms with Gasteiger partial charge in [0.05, 0.1) is 12.2 Å². The van der Waals surface area contributed by atoms with E-state index in [2.05, 4.69) is 5.32 Å². The van der Waals surface area contributed by atoms with Crippen molar-refractivity contribution >= 4 is 21.6 Å². The number of nitrogens with zero attached hydrogens (tertiary/aromatic N) is 1. The van der Waals surface area contributed by atoms with Crippen LogP contribution in [0.2, 0.25) is 0 Å². The zero-order valence-electron chi connectivity index (χ0n) is 16.9. The largest absolute Gasteiger partial charge is 0.492 e. The molecule has 168 valence electrons. The van der Waals surface area contributed by atoms with Crippen molar-refractivity contribution in [2.45, 2.75) is 37.3 Å². The Morgan fingerprint density at radius 3 is 2.29 bits per heavy atom. The lowest BCUT2D eigenvalue weighted by atomic mass is 10.1. The van der Waals surface area contributed by atoms with Crippen LogP contribution in [0, 0.1) is 0 Å². The van der Waals surface area contributed by atoms with E-state index in [-0.39, 0.29) is 28.5 Å². The van der Waals surface area contributed by atoms with Gasteiger partial charge in [0.2, 0.25) is 10.0 Å². The topological polar surface area (TPSA) is 75.7 Å². The molecule has 0 bridgehead atoms. The molecule has 0 aromatic heterocycles. The van der Waals surface area contributed by atoms with Gasteiger partial charge in [0, 0.05) is 24.3 Å². The minimum absolute atomic E-state index is 0.0160. The fraction of sp³-hybridized carbons (Fsp3) is 0.381. The number of carbonyl (C=O) groups excluding carboxylic acids is 1. The van der Waals surface area contributed by atoms with Gasteiger partial charge in [-0.05, 0) is 62.2 Å². The molecular formula is C21H23F3N2O4S. The number of hydrogen-bond donors (Lipinski definition) is 1. The lowest BCUT2D eigenvalue weighted by Gasteiger charge is -2.27. The van der Waals surface area contributed by atoms with Crippen LogP contribution in [0.1, 0.15) is 42.1 Å². The van der Waals surface area contributed by atoms with Gasteiger partial charge in [-0.25, -0.2) is 8.42 Å². The Kier molecular flexibility index (Phi) is 6.90. The summed E-state index contributed by atoms with van der Waals surface area (Å²) in [4.78, 5) is 12.4. The molecule has 0 atom stereocenters. The van der Waals surface area contributed by atoms with Crippen LogP contribution < -0.4 is 10.1 Å². The molecular weight excluding hydrogens is 433 g/mol. The van der Waals surface area contributed by atoms with Crippen LogP contribution in [0.3, 0.4) is 0 Å². The second-order valence-electron chi connectivity index (χ2n) is 7.09. The molecule has 0 saturated carbocycles. The number of ether oxygens (including phenoxy) is 1. The van der Waals surface area contributed by atoms with E-state index in [1.165, 1.54) is 22.5 Å². The normalized spacial score (nSPS) is 15.5. The van der Waals surface area contributed by atoms with Crippen LogP contribution >= 0.6 is 0 Å². The van der Waals surface area contributed by atoms with Gasteiger partial charge in [-0.15, -0.1) is 0 Å². The van der Waals surface area contributed by atoms with E-state index >= 15 is 0 Å². The first-order valence-electron chi connectivity index (χ1n) is 9.88. The molecule has 3 rings (SSSR count). The number of alkyl halides is 3. The smallest absolute Gasteiger partial charge is 0.416 e. The molecule has 2 aromatic rings. The fourth-order valence-electron chi connectivity index (χ4n) is 3.32. The number of sulfonamides is 1. The highest BCUT2D eigenvalue weighted by Crippen LogP contribution is 2.32. The first kappa shape index (κ1) is 23.1. The molecule has 1 aliphatic rings. The van der Waals surface area contributed by atoms with Crippen molar-refractivity contribution in [1.29, 1.82) is 0 Å². The SMILES string of the molecule is CCOc1ccc(NC(=O)c2ccc(C(F)(F)F)cc2)cc1S(=O)(=O)N1CCCCC1. The van der Waals surface area contributed by atoms with Crippen molar-refractivity contribution in [1.82, 2.24) is 4.31 Å².